The van der Waals surface area contributed by atoms with Gasteiger partial charge in [-0.05, 0) is 19.1 Å². The number of nitrogens with one attached hydrogen (secondary N) is 1. The van der Waals surface area contributed by atoms with Gasteiger partial charge in [-0.2, -0.15) is 0 Å². The van der Waals surface area contributed by atoms with Crippen LogP contribution >= 0.6 is 0 Å². The van der Waals surface area contributed by atoms with Crippen LogP contribution in [-0.2, 0) is 4.74 Å². The van der Waals surface area contributed by atoms with Crippen LogP contribution in [0.1, 0.15) is 6.92 Å². The van der Waals surface area contributed by atoms with Crippen molar-refractivity contribution in [3.8, 4) is 0 Å². The third-order valence-corrected chi connectivity index (χ3v) is 1.42. The number of para-hydroxylation sites is 1. The molecule has 0 heterocycles. The van der Waals surface area contributed by atoms with Crippen molar-refractivity contribution in [1.29, 1.82) is 0 Å². The second-order valence-electron chi connectivity index (χ2n) is 2.48. The molecule has 0 bridgehead atoms. The Morgan fingerprint density at radius 1 is 1.50 bits per heavy atom. The fourth-order valence-corrected chi connectivity index (χ4v) is 0.832. The van der Waals surface area contributed by atoms with Gasteiger partial charge >= 0.3 is 6.09 Å². The van der Waals surface area contributed by atoms with Crippen LogP contribution in [0.3, 0.4) is 0 Å². The second kappa shape index (κ2) is 5.01. The normalized spacial score (nSPS) is 10.1. The summed E-state index contributed by atoms with van der Waals surface area (Å²) in [4.78, 5) is 11.0. The highest BCUT2D eigenvalue weighted by molar-refractivity contribution is 5.85. The van der Waals surface area contributed by atoms with Crippen LogP contribution in [0.5, 0.6) is 0 Å². The van der Waals surface area contributed by atoms with Crippen LogP contribution in [0.25, 0.3) is 0 Å². The smallest absolute Gasteiger partial charge is 0.416 e. The molecule has 14 heavy (non-hydrogen) atoms. The van der Waals surface area contributed by atoms with E-state index in [2.05, 4.69) is 10.1 Å². The van der Waals surface area contributed by atoms with Crippen molar-refractivity contribution in [2.24, 2.45) is 0 Å². The molecular formula is C10H10FNO2. The molecule has 0 unspecified atom stereocenters. The number of amides is 1. The molecular weight excluding hydrogens is 185 g/mol. The molecule has 1 aromatic rings. The van der Waals surface area contributed by atoms with Gasteiger partial charge in [0.05, 0.1) is 11.9 Å². The Morgan fingerprint density at radius 2 is 2.21 bits per heavy atom. The van der Waals surface area contributed by atoms with Crippen molar-refractivity contribution >= 4 is 11.8 Å². The maximum atomic E-state index is 13.0. The lowest BCUT2D eigenvalue weighted by atomic mass is 10.3. The Bertz CT molecular complexity index is 350. The number of hydrogen-bond acceptors (Lipinski definition) is 2. The lowest BCUT2D eigenvalue weighted by Gasteiger charge is -2.03. The minimum atomic E-state index is -0.715. The van der Waals surface area contributed by atoms with Gasteiger partial charge in [-0.15, -0.1) is 0 Å². The molecule has 1 rings (SSSR count). The molecule has 1 aromatic carbocycles. The summed E-state index contributed by atoms with van der Waals surface area (Å²) < 4.78 is 17.5. The fraction of sp³-hybridized carbons (Fsp3) is 0.100. The number of carbonyl (C=O) groups is 1. The average Bonchev–Trinajstić information content (AvgIpc) is 2.18. The van der Waals surface area contributed by atoms with Gasteiger partial charge in [0.15, 0.2) is 0 Å². The van der Waals surface area contributed by atoms with Crippen molar-refractivity contribution in [2.75, 3.05) is 5.32 Å². The van der Waals surface area contributed by atoms with Crippen LogP contribution in [0.15, 0.2) is 36.6 Å². The van der Waals surface area contributed by atoms with E-state index >= 15 is 0 Å². The SMILES string of the molecule is CC=COC(=O)Nc1ccccc1F. The molecule has 0 aromatic heterocycles. The molecule has 0 saturated heterocycles. The number of allylic oxidation sites excluding steroid dienone is 1. The minimum absolute atomic E-state index is 0.0991. The van der Waals surface area contributed by atoms with Crippen LogP contribution in [0, 0.1) is 5.82 Å². The summed E-state index contributed by atoms with van der Waals surface area (Å²) in [6, 6.07) is 5.86. The summed E-state index contributed by atoms with van der Waals surface area (Å²) in [6.45, 7) is 1.70. The zero-order chi connectivity index (χ0) is 10.4. The Morgan fingerprint density at radius 3 is 2.86 bits per heavy atom. The number of hydrogen-bond donors (Lipinski definition) is 1. The maximum Gasteiger partial charge on any atom is 0.416 e. The standard InChI is InChI=1S/C10H10FNO2/c1-2-7-14-10(13)12-9-6-4-3-5-8(9)11/h2-7H,1H3,(H,12,13). The van der Waals surface area contributed by atoms with Gasteiger partial charge in [0, 0.05) is 0 Å². The van der Waals surface area contributed by atoms with E-state index in [1.54, 1.807) is 19.1 Å². The summed E-state index contributed by atoms with van der Waals surface area (Å²) in [7, 11) is 0. The third-order valence-electron chi connectivity index (χ3n) is 1.42. The predicted molar refractivity (Wildman–Crippen MR) is 51.3 cm³/mol. The zero-order valence-corrected chi connectivity index (χ0v) is 7.66. The fourth-order valence-electron chi connectivity index (χ4n) is 0.832. The van der Waals surface area contributed by atoms with E-state index in [-0.39, 0.29) is 5.69 Å². The van der Waals surface area contributed by atoms with Crippen LogP contribution in [0.4, 0.5) is 14.9 Å². The lowest BCUT2D eigenvalue weighted by molar-refractivity contribution is 0.200. The maximum absolute atomic E-state index is 13.0. The molecule has 0 atom stereocenters. The molecule has 1 N–H and O–H groups in total. The van der Waals surface area contributed by atoms with Crippen LogP contribution in [-0.4, -0.2) is 6.09 Å². The van der Waals surface area contributed by atoms with E-state index in [1.807, 2.05) is 0 Å². The first-order valence-corrected chi connectivity index (χ1v) is 4.07. The van der Waals surface area contributed by atoms with Gasteiger partial charge in [0.1, 0.15) is 5.82 Å². The molecule has 4 heteroatoms. The van der Waals surface area contributed by atoms with Crippen molar-refractivity contribution in [3.63, 3.8) is 0 Å². The Hall–Kier alpha value is -1.84. The highest BCUT2D eigenvalue weighted by atomic mass is 19.1. The highest BCUT2D eigenvalue weighted by Crippen LogP contribution is 2.12. The van der Waals surface area contributed by atoms with Gasteiger partial charge in [-0.1, -0.05) is 18.2 Å². The first kappa shape index (κ1) is 10.2. The number of ether oxygens (including phenoxy) is 1. The lowest BCUT2D eigenvalue weighted by Crippen LogP contribution is -2.11. The molecule has 0 saturated carbocycles. The van der Waals surface area contributed by atoms with Gasteiger partial charge in [-0.3, -0.25) is 5.32 Å². The molecule has 0 radical (unpaired) electrons. The van der Waals surface area contributed by atoms with E-state index in [4.69, 9.17) is 0 Å². The predicted octanol–water partition coefficient (Wildman–Crippen LogP) is 2.91. The molecule has 0 aliphatic rings. The molecule has 0 aliphatic heterocycles. The summed E-state index contributed by atoms with van der Waals surface area (Å²) in [5, 5.41) is 2.26. The van der Waals surface area contributed by atoms with Gasteiger partial charge < -0.3 is 4.74 Å². The molecule has 0 fully saturated rings. The number of benzene rings is 1. The van der Waals surface area contributed by atoms with E-state index in [9.17, 15) is 9.18 Å². The Kier molecular flexibility index (Phi) is 3.67. The summed E-state index contributed by atoms with van der Waals surface area (Å²) in [5.74, 6) is -0.495. The second-order valence-corrected chi connectivity index (χ2v) is 2.48. The van der Waals surface area contributed by atoms with Crippen molar-refractivity contribution in [1.82, 2.24) is 0 Å². The van der Waals surface area contributed by atoms with E-state index in [1.165, 1.54) is 24.5 Å². The number of anilines is 1. The van der Waals surface area contributed by atoms with Crippen LogP contribution in [0.2, 0.25) is 0 Å². The van der Waals surface area contributed by atoms with Gasteiger partial charge in [0.25, 0.3) is 0 Å². The first-order valence-electron chi connectivity index (χ1n) is 4.07. The Balaban J connectivity index is 2.60. The van der Waals surface area contributed by atoms with Gasteiger partial charge in [-0.25, -0.2) is 9.18 Å². The van der Waals surface area contributed by atoms with E-state index < -0.39 is 11.9 Å². The number of halogens is 1. The van der Waals surface area contributed by atoms with Gasteiger partial charge in [0.2, 0.25) is 0 Å². The van der Waals surface area contributed by atoms with Crippen LogP contribution < -0.4 is 5.32 Å². The monoisotopic (exact) mass is 195 g/mol. The largest absolute Gasteiger partial charge is 0.418 e. The molecule has 0 spiro atoms. The Labute approximate surface area is 81.2 Å². The van der Waals surface area contributed by atoms with Crippen molar-refractivity contribution in [2.45, 2.75) is 6.92 Å². The molecule has 0 aliphatic carbocycles. The minimum Gasteiger partial charge on any atom is -0.418 e. The zero-order valence-electron chi connectivity index (χ0n) is 7.66. The topological polar surface area (TPSA) is 38.3 Å². The summed E-state index contributed by atoms with van der Waals surface area (Å²) in [6.07, 6.45) is 2.06. The van der Waals surface area contributed by atoms with Crippen molar-refractivity contribution < 1.29 is 13.9 Å². The third kappa shape index (κ3) is 2.90. The average molecular weight is 195 g/mol. The van der Waals surface area contributed by atoms with E-state index in [0.717, 1.165) is 0 Å². The summed E-state index contributed by atoms with van der Waals surface area (Å²) >= 11 is 0. The molecule has 74 valence electrons. The number of rotatable bonds is 2. The van der Waals surface area contributed by atoms with E-state index in [0.29, 0.717) is 0 Å². The van der Waals surface area contributed by atoms with Crippen molar-refractivity contribution in [3.05, 3.63) is 42.4 Å². The highest BCUT2D eigenvalue weighted by Gasteiger charge is 2.04. The molecule has 1 amide bonds. The first-order chi connectivity index (χ1) is 6.74. The number of carbonyl (C=O) groups excluding carboxylic acids is 1. The summed E-state index contributed by atoms with van der Waals surface area (Å²) in [5.41, 5.74) is 0.0991. The quantitative estimate of drug-likeness (QED) is 0.737. The molecule has 3 nitrogen and oxygen atoms in total.